The molecule has 2 aromatic rings. The molecule has 2 heterocycles. The van der Waals surface area contributed by atoms with Gasteiger partial charge in [0.1, 0.15) is 10.7 Å². The molecular weight excluding hydrogens is 246 g/mol. The quantitative estimate of drug-likeness (QED) is 0.890. The van der Waals surface area contributed by atoms with E-state index in [4.69, 9.17) is 5.73 Å². The SMILES string of the molecule is Cc1c(CCN)sc2nc(C3CCC3)[nH]c(=O)c12. The summed E-state index contributed by atoms with van der Waals surface area (Å²) in [5.41, 5.74) is 6.66. The lowest BCUT2D eigenvalue weighted by Gasteiger charge is -2.23. The molecule has 0 radical (unpaired) electrons. The van der Waals surface area contributed by atoms with Crippen molar-refractivity contribution >= 4 is 21.6 Å². The number of nitrogens with two attached hydrogens (primary N) is 1. The van der Waals surface area contributed by atoms with Crippen molar-refractivity contribution in [1.29, 1.82) is 0 Å². The summed E-state index contributed by atoms with van der Waals surface area (Å²) in [7, 11) is 0. The summed E-state index contributed by atoms with van der Waals surface area (Å²) in [6.45, 7) is 2.60. The van der Waals surface area contributed by atoms with Gasteiger partial charge >= 0.3 is 0 Å². The Bertz CT molecular complexity index is 639. The number of nitrogens with zero attached hydrogens (tertiary/aromatic N) is 1. The molecule has 5 heteroatoms. The van der Waals surface area contributed by atoms with Crippen molar-refractivity contribution in [2.24, 2.45) is 5.73 Å². The number of rotatable bonds is 3. The second kappa shape index (κ2) is 4.48. The monoisotopic (exact) mass is 263 g/mol. The molecule has 1 saturated carbocycles. The fourth-order valence-electron chi connectivity index (χ4n) is 2.45. The van der Waals surface area contributed by atoms with Crippen LogP contribution in [-0.4, -0.2) is 16.5 Å². The first kappa shape index (κ1) is 11.9. The maximum absolute atomic E-state index is 12.2. The van der Waals surface area contributed by atoms with E-state index in [0.717, 1.165) is 40.9 Å². The van der Waals surface area contributed by atoms with Crippen LogP contribution in [0.1, 0.15) is 41.4 Å². The average Bonchev–Trinajstić information content (AvgIpc) is 2.54. The van der Waals surface area contributed by atoms with Gasteiger partial charge in [-0.05, 0) is 38.3 Å². The number of nitrogens with one attached hydrogen (secondary N) is 1. The molecule has 4 nitrogen and oxygen atoms in total. The van der Waals surface area contributed by atoms with E-state index in [-0.39, 0.29) is 5.56 Å². The number of fused-ring (bicyclic) bond motifs is 1. The Hall–Kier alpha value is -1.20. The van der Waals surface area contributed by atoms with E-state index in [2.05, 4.69) is 9.97 Å². The molecule has 0 saturated heterocycles. The summed E-state index contributed by atoms with van der Waals surface area (Å²) in [6.07, 6.45) is 4.36. The summed E-state index contributed by atoms with van der Waals surface area (Å²) in [5, 5.41) is 0.756. The first-order chi connectivity index (χ1) is 8.70. The minimum Gasteiger partial charge on any atom is -0.330 e. The third-order valence-corrected chi connectivity index (χ3v) is 5.03. The van der Waals surface area contributed by atoms with Crippen LogP contribution < -0.4 is 11.3 Å². The molecule has 0 atom stereocenters. The van der Waals surface area contributed by atoms with Gasteiger partial charge in [-0.15, -0.1) is 11.3 Å². The van der Waals surface area contributed by atoms with Gasteiger partial charge in [-0.2, -0.15) is 0 Å². The second-order valence-electron chi connectivity index (χ2n) is 4.95. The predicted molar refractivity (Wildman–Crippen MR) is 74.3 cm³/mol. The summed E-state index contributed by atoms with van der Waals surface area (Å²) >= 11 is 1.62. The summed E-state index contributed by atoms with van der Waals surface area (Å²) in [5.74, 6) is 1.33. The molecule has 1 aliphatic carbocycles. The molecule has 3 N–H and O–H groups in total. The number of hydrogen-bond donors (Lipinski definition) is 2. The molecule has 0 aromatic carbocycles. The van der Waals surface area contributed by atoms with Crippen molar-refractivity contribution in [1.82, 2.24) is 9.97 Å². The number of aromatic nitrogens is 2. The maximum Gasteiger partial charge on any atom is 0.259 e. The van der Waals surface area contributed by atoms with Crippen LogP contribution in [0.2, 0.25) is 0 Å². The largest absolute Gasteiger partial charge is 0.330 e. The molecule has 0 bridgehead atoms. The van der Waals surface area contributed by atoms with Crippen LogP contribution in [0.4, 0.5) is 0 Å². The average molecular weight is 263 g/mol. The van der Waals surface area contributed by atoms with Gasteiger partial charge in [0.25, 0.3) is 5.56 Å². The standard InChI is InChI=1S/C13H17N3OS/c1-7-9(5-6-14)18-13-10(7)12(17)15-11(16-13)8-3-2-4-8/h8H,2-6,14H2,1H3,(H,15,16,17). The van der Waals surface area contributed by atoms with Crippen LogP contribution in [0.25, 0.3) is 10.2 Å². The molecule has 0 spiro atoms. The Kier molecular flexibility index (Phi) is 2.95. The van der Waals surface area contributed by atoms with E-state index < -0.39 is 0 Å². The molecule has 0 amide bonds. The van der Waals surface area contributed by atoms with Gasteiger partial charge in [0, 0.05) is 10.8 Å². The van der Waals surface area contributed by atoms with Gasteiger partial charge < -0.3 is 10.7 Å². The van der Waals surface area contributed by atoms with E-state index in [1.165, 1.54) is 11.3 Å². The number of aryl methyl sites for hydroxylation is 1. The number of thiophene rings is 1. The van der Waals surface area contributed by atoms with Crippen molar-refractivity contribution in [3.05, 3.63) is 26.6 Å². The number of H-pyrrole nitrogens is 1. The van der Waals surface area contributed by atoms with Gasteiger partial charge in [-0.3, -0.25) is 4.79 Å². The molecular formula is C13H17N3OS. The zero-order chi connectivity index (χ0) is 12.7. The zero-order valence-electron chi connectivity index (χ0n) is 10.5. The van der Waals surface area contributed by atoms with E-state index in [1.54, 1.807) is 11.3 Å². The third kappa shape index (κ3) is 1.78. The Morgan fingerprint density at radius 1 is 1.50 bits per heavy atom. The minimum absolute atomic E-state index is 0.0129. The lowest BCUT2D eigenvalue weighted by molar-refractivity contribution is 0.402. The normalized spacial score (nSPS) is 16.1. The summed E-state index contributed by atoms with van der Waals surface area (Å²) in [4.78, 5) is 21.8. The van der Waals surface area contributed by atoms with Crippen molar-refractivity contribution in [3.8, 4) is 0 Å². The highest BCUT2D eigenvalue weighted by Crippen LogP contribution is 2.35. The smallest absolute Gasteiger partial charge is 0.259 e. The van der Waals surface area contributed by atoms with Crippen LogP contribution in [0.15, 0.2) is 4.79 Å². The Morgan fingerprint density at radius 3 is 2.89 bits per heavy atom. The zero-order valence-corrected chi connectivity index (χ0v) is 11.3. The molecule has 3 rings (SSSR count). The molecule has 1 fully saturated rings. The molecule has 96 valence electrons. The first-order valence-electron chi connectivity index (χ1n) is 6.43. The summed E-state index contributed by atoms with van der Waals surface area (Å²) < 4.78 is 0. The third-order valence-electron chi connectivity index (χ3n) is 3.78. The lowest BCUT2D eigenvalue weighted by Crippen LogP contribution is -2.18. The topological polar surface area (TPSA) is 71.8 Å². The summed E-state index contributed by atoms with van der Waals surface area (Å²) in [6, 6.07) is 0. The van der Waals surface area contributed by atoms with Gasteiger partial charge in [-0.1, -0.05) is 6.42 Å². The Morgan fingerprint density at radius 2 is 2.28 bits per heavy atom. The maximum atomic E-state index is 12.2. The molecule has 0 unspecified atom stereocenters. The van der Waals surface area contributed by atoms with Crippen molar-refractivity contribution in [3.63, 3.8) is 0 Å². The van der Waals surface area contributed by atoms with Crippen molar-refractivity contribution in [2.45, 2.75) is 38.5 Å². The highest BCUT2D eigenvalue weighted by molar-refractivity contribution is 7.18. The van der Waals surface area contributed by atoms with E-state index >= 15 is 0 Å². The fraction of sp³-hybridized carbons (Fsp3) is 0.538. The van der Waals surface area contributed by atoms with Crippen LogP contribution in [0.5, 0.6) is 0 Å². The van der Waals surface area contributed by atoms with E-state index in [9.17, 15) is 4.79 Å². The van der Waals surface area contributed by atoms with Crippen LogP contribution in [0.3, 0.4) is 0 Å². The van der Waals surface area contributed by atoms with E-state index in [0.29, 0.717) is 12.5 Å². The van der Waals surface area contributed by atoms with Crippen LogP contribution in [-0.2, 0) is 6.42 Å². The molecule has 2 aromatic heterocycles. The van der Waals surface area contributed by atoms with Crippen LogP contribution >= 0.6 is 11.3 Å². The van der Waals surface area contributed by atoms with E-state index in [1.807, 2.05) is 6.92 Å². The highest BCUT2D eigenvalue weighted by Gasteiger charge is 2.23. The fourth-order valence-corrected chi connectivity index (χ4v) is 3.65. The molecule has 18 heavy (non-hydrogen) atoms. The predicted octanol–water partition coefficient (Wildman–Crippen LogP) is 2.06. The Balaban J connectivity index is 2.15. The molecule has 1 aliphatic rings. The van der Waals surface area contributed by atoms with Crippen molar-refractivity contribution in [2.75, 3.05) is 6.54 Å². The Labute approximate surface area is 109 Å². The molecule has 0 aliphatic heterocycles. The van der Waals surface area contributed by atoms with Gasteiger partial charge in [0.15, 0.2) is 0 Å². The minimum atomic E-state index is 0.0129. The van der Waals surface area contributed by atoms with Crippen LogP contribution in [0, 0.1) is 6.92 Å². The first-order valence-corrected chi connectivity index (χ1v) is 7.24. The number of hydrogen-bond acceptors (Lipinski definition) is 4. The van der Waals surface area contributed by atoms with Gasteiger partial charge in [0.2, 0.25) is 0 Å². The second-order valence-corrected chi connectivity index (χ2v) is 6.03. The van der Waals surface area contributed by atoms with Gasteiger partial charge in [0.05, 0.1) is 5.39 Å². The number of aromatic amines is 1. The highest BCUT2D eigenvalue weighted by atomic mass is 32.1. The van der Waals surface area contributed by atoms with Crippen molar-refractivity contribution < 1.29 is 0 Å². The van der Waals surface area contributed by atoms with Gasteiger partial charge in [-0.25, -0.2) is 4.98 Å². The lowest BCUT2D eigenvalue weighted by atomic mass is 9.85.